The normalized spacial score (nSPS) is 19.4. The smallest absolute Gasteiger partial charge is 0.324 e. The second-order valence-corrected chi connectivity index (χ2v) is 6.37. The number of carbonyl (C=O) groups excluding carboxylic acids is 3. The lowest BCUT2D eigenvalue weighted by Crippen LogP contribution is -2.42. The van der Waals surface area contributed by atoms with Crippen molar-refractivity contribution in [1.29, 1.82) is 0 Å². The number of rotatable bonds is 4. The van der Waals surface area contributed by atoms with Crippen LogP contribution < -0.4 is 10.6 Å². The number of anilines is 1. The maximum Gasteiger partial charge on any atom is 0.325 e. The molecule has 1 heterocycles. The minimum atomic E-state index is -1.23. The van der Waals surface area contributed by atoms with Gasteiger partial charge in [-0.1, -0.05) is 35.9 Å². The lowest BCUT2D eigenvalue weighted by molar-refractivity contribution is -0.133. The highest BCUT2D eigenvalue weighted by Gasteiger charge is 2.49. The number of amides is 4. The maximum absolute atomic E-state index is 13.2. The molecular formula is C19H18FN3O3. The second kappa shape index (κ2) is 6.59. The Morgan fingerprint density at radius 2 is 1.88 bits per heavy atom. The molecule has 1 aliphatic rings. The molecule has 0 unspecified atom stereocenters. The monoisotopic (exact) mass is 355 g/mol. The van der Waals surface area contributed by atoms with Gasteiger partial charge in [0, 0.05) is 5.69 Å². The third-order valence-electron chi connectivity index (χ3n) is 4.31. The predicted molar refractivity (Wildman–Crippen MR) is 93.8 cm³/mol. The molecule has 0 aliphatic carbocycles. The number of imide groups is 1. The van der Waals surface area contributed by atoms with Crippen LogP contribution in [-0.2, 0) is 15.1 Å². The van der Waals surface area contributed by atoms with Gasteiger partial charge in [0.15, 0.2) is 0 Å². The first kappa shape index (κ1) is 17.6. The lowest BCUT2D eigenvalue weighted by Gasteiger charge is -2.22. The van der Waals surface area contributed by atoms with Crippen molar-refractivity contribution < 1.29 is 18.8 Å². The number of nitrogens with one attached hydrogen (secondary N) is 2. The van der Waals surface area contributed by atoms with Crippen molar-refractivity contribution in [3.05, 3.63) is 65.5 Å². The number of hydrogen-bond donors (Lipinski definition) is 2. The molecule has 0 saturated carbocycles. The van der Waals surface area contributed by atoms with Crippen LogP contribution in [0.1, 0.15) is 18.1 Å². The highest BCUT2D eigenvalue weighted by molar-refractivity contribution is 6.10. The third kappa shape index (κ3) is 3.28. The second-order valence-electron chi connectivity index (χ2n) is 6.37. The van der Waals surface area contributed by atoms with Gasteiger partial charge in [-0.25, -0.2) is 9.18 Å². The minimum Gasteiger partial charge on any atom is -0.324 e. The average Bonchev–Trinajstić information content (AvgIpc) is 2.79. The summed E-state index contributed by atoms with van der Waals surface area (Å²) in [6, 6.07) is 12.0. The molecule has 0 spiro atoms. The number of aryl methyl sites for hydroxylation is 1. The summed E-state index contributed by atoms with van der Waals surface area (Å²) in [5.74, 6) is -1.60. The predicted octanol–water partition coefficient (Wildman–Crippen LogP) is 2.54. The SMILES string of the molecule is Cc1ccc([C@]2(C)NC(=O)N(CC(=O)Nc3cccc(F)c3)C2=O)cc1. The fourth-order valence-electron chi connectivity index (χ4n) is 2.83. The molecule has 7 heteroatoms. The molecule has 4 amide bonds. The summed E-state index contributed by atoms with van der Waals surface area (Å²) in [5, 5.41) is 5.11. The molecule has 1 saturated heterocycles. The molecule has 0 aromatic heterocycles. The highest BCUT2D eigenvalue weighted by atomic mass is 19.1. The molecule has 0 bridgehead atoms. The van der Waals surface area contributed by atoms with Gasteiger partial charge in [0.05, 0.1) is 0 Å². The molecular weight excluding hydrogens is 337 g/mol. The van der Waals surface area contributed by atoms with Gasteiger partial charge in [0.25, 0.3) is 5.91 Å². The summed E-state index contributed by atoms with van der Waals surface area (Å²) in [5.41, 5.74) is 0.683. The summed E-state index contributed by atoms with van der Waals surface area (Å²) in [6.07, 6.45) is 0. The molecule has 1 atom stereocenters. The van der Waals surface area contributed by atoms with Gasteiger partial charge in [-0.3, -0.25) is 14.5 Å². The van der Waals surface area contributed by atoms with E-state index in [0.717, 1.165) is 16.5 Å². The Kier molecular flexibility index (Phi) is 4.46. The molecule has 26 heavy (non-hydrogen) atoms. The molecule has 0 radical (unpaired) electrons. The van der Waals surface area contributed by atoms with Crippen molar-refractivity contribution in [3.8, 4) is 0 Å². The fourth-order valence-corrected chi connectivity index (χ4v) is 2.83. The van der Waals surface area contributed by atoms with E-state index in [4.69, 9.17) is 0 Å². The molecule has 1 aliphatic heterocycles. The Balaban J connectivity index is 1.74. The minimum absolute atomic E-state index is 0.253. The topological polar surface area (TPSA) is 78.5 Å². The van der Waals surface area contributed by atoms with E-state index in [0.29, 0.717) is 5.56 Å². The van der Waals surface area contributed by atoms with Crippen molar-refractivity contribution in [2.24, 2.45) is 0 Å². The maximum atomic E-state index is 13.2. The van der Waals surface area contributed by atoms with Crippen LogP contribution in [0.4, 0.5) is 14.9 Å². The first-order valence-corrected chi connectivity index (χ1v) is 8.06. The fraction of sp³-hybridized carbons (Fsp3) is 0.211. The number of halogens is 1. The Morgan fingerprint density at radius 3 is 2.54 bits per heavy atom. The Hall–Kier alpha value is -3.22. The number of urea groups is 1. The first-order valence-electron chi connectivity index (χ1n) is 8.06. The van der Waals surface area contributed by atoms with Crippen LogP contribution in [0.3, 0.4) is 0 Å². The van der Waals surface area contributed by atoms with E-state index in [1.165, 1.54) is 18.2 Å². The van der Waals surface area contributed by atoms with Gasteiger partial charge in [-0.15, -0.1) is 0 Å². The van der Waals surface area contributed by atoms with Crippen molar-refractivity contribution >= 4 is 23.5 Å². The molecule has 134 valence electrons. The van der Waals surface area contributed by atoms with Gasteiger partial charge in [0.2, 0.25) is 5.91 Å². The third-order valence-corrected chi connectivity index (χ3v) is 4.31. The Bertz CT molecular complexity index is 882. The van der Waals surface area contributed by atoms with Crippen LogP contribution in [0.15, 0.2) is 48.5 Å². The van der Waals surface area contributed by atoms with Gasteiger partial charge < -0.3 is 10.6 Å². The molecule has 2 aromatic carbocycles. The summed E-state index contributed by atoms with van der Waals surface area (Å²) >= 11 is 0. The zero-order valence-corrected chi connectivity index (χ0v) is 14.4. The van der Waals surface area contributed by atoms with Gasteiger partial charge >= 0.3 is 6.03 Å². The highest BCUT2D eigenvalue weighted by Crippen LogP contribution is 2.28. The first-order chi connectivity index (χ1) is 12.3. The van der Waals surface area contributed by atoms with Crippen LogP contribution in [0.25, 0.3) is 0 Å². The van der Waals surface area contributed by atoms with Crippen LogP contribution in [0.5, 0.6) is 0 Å². The number of hydrogen-bond acceptors (Lipinski definition) is 3. The van der Waals surface area contributed by atoms with Crippen LogP contribution in [-0.4, -0.2) is 29.3 Å². The van der Waals surface area contributed by atoms with Crippen molar-refractivity contribution in [1.82, 2.24) is 10.2 Å². The van der Waals surface area contributed by atoms with E-state index in [9.17, 15) is 18.8 Å². The number of carbonyl (C=O) groups is 3. The van der Waals surface area contributed by atoms with E-state index in [-0.39, 0.29) is 5.69 Å². The van der Waals surface area contributed by atoms with Gasteiger partial charge in [-0.2, -0.15) is 0 Å². The molecule has 6 nitrogen and oxygen atoms in total. The van der Waals surface area contributed by atoms with Crippen molar-refractivity contribution in [3.63, 3.8) is 0 Å². The van der Waals surface area contributed by atoms with E-state index in [1.807, 2.05) is 19.1 Å². The van der Waals surface area contributed by atoms with E-state index < -0.39 is 35.7 Å². The van der Waals surface area contributed by atoms with Crippen LogP contribution in [0.2, 0.25) is 0 Å². The largest absolute Gasteiger partial charge is 0.325 e. The number of benzene rings is 2. The van der Waals surface area contributed by atoms with Crippen LogP contribution >= 0.6 is 0 Å². The quantitative estimate of drug-likeness (QED) is 0.828. The zero-order valence-electron chi connectivity index (χ0n) is 14.4. The van der Waals surface area contributed by atoms with Gasteiger partial charge in [0.1, 0.15) is 17.9 Å². The molecule has 3 rings (SSSR count). The summed E-state index contributed by atoms with van der Waals surface area (Å²) in [4.78, 5) is 38.0. The van der Waals surface area contributed by atoms with Crippen LogP contribution in [0, 0.1) is 12.7 Å². The average molecular weight is 355 g/mol. The Labute approximate surface area is 150 Å². The Morgan fingerprint density at radius 1 is 1.19 bits per heavy atom. The molecule has 2 N–H and O–H groups in total. The van der Waals surface area contributed by atoms with Gasteiger partial charge in [-0.05, 0) is 37.6 Å². The standard InChI is InChI=1S/C19H18FN3O3/c1-12-6-8-13(9-7-12)19(2)17(25)23(18(26)22-19)11-16(24)21-15-5-3-4-14(20)10-15/h3-10H,11H2,1-2H3,(H,21,24)(H,22,26)/t19-/m0/s1. The van der Waals surface area contributed by atoms with Crippen molar-refractivity contribution in [2.75, 3.05) is 11.9 Å². The molecule has 2 aromatic rings. The lowest BCUT2D eigenvalue weighted by atomic mass is 9.91. The van der Waals surface area contributed by atoms with E-state index in [1.54, 1.807) is 19.1 Å². The summed E-state index contributed by atoms with van der Waals surface area (Å²) in [6.45, 7) is 3.06. The zero-order chi connectivity index (χ0) is 18.9. The summed E-state index contributed by atoms with van der Waals surface area (Å²) in [7, 11) is 0. The summed E-state index contributed by atoms with van der Waals surface area (Å²) < 4.78 is 13.2. The van der Waals surface area contributed by atoms with Crippen molar-refractivity contribution in [2.45, 2.75) is 19.4 Å². The van der Waals surface area contributed by atoms with E-state index >= 15 is 0 Å². The molecule has 1 fully saturated rings. The number of nitrogens with zero attached hydrogens (tertiary/aromatic N) is 1. The van der Waals surface area contributed by atoms with E-state index in [2.05, 4.69) is 10.6 Å².